The van der Waals surface area contributed by atoms with E-state index in [0.29, 0.717) is 0 Å². The van der Waals surface area contributed by atoms with Crippen LogP contribution in [0.3, 0.4) is 0 Å². The summed E-state index contributed by atoms with van der Waals surface area (Å²) in [5.74, 6) is -0.573. The van der Waals surface area contributed by atoms with Crippen molar-refractivity contribution in [2.75, 3.05) is 0 Å². The van der Waals surface area contributed by atoms with E-state index in [1.165, 1.54) is 0 Å². The molecule has 2 unspecified atom stereocenters. The number of rotatable bonds is 3. The normalized spacial score (nSPS) is 16.4. The van der Waals surface area contributed by atoms with Crippen LogP contribution in [0.5, 0.6) is 0 Å². The summed E-state index contributed by atoms with van der Waals surface area (Å²) in [4.78, 5) is 0. The van der Waals surface area contributed by atoms with E-state index in [9.17, 15) is 21.0 Å². The lowest BCUT2D eigenvalue weighted by Gasteiger charge is -2.13. The molecule has 0 aromatic heterocycles. The van der Waals surface area contributed by atoms with E-state index >= 15 is 0 Å². The number of hydrogen-bond acceptors (Lipinski definition) is 4. The molecule has 4 heteroatoms. The quantitative estimate of drug-likeness (QED) is 0.729. The third-order valence-corrected chi connectivity index (χ3v) is 4.67. The van der Waals surface area contributed by atoms with Gasteiger partial charge < -0.3 is 0 Å². The van der Waals surface area contributed by atoms with Crippen LogP contribution < -0.4 is 0 Å². The second-order valence-electron chi connectivity index (χ2n) is 6.25. The van der Waals surface area contributed by atoms with E-state index in [1.54, 1.807) is 12.2 Å². The van der Waals surface area contributed by atoms with Crippen molar-refractivity contribution in [3.8, 4) is 24.3 Å². The Morgan fingerprint density at radius 1 is 0.643 bits per heavy atom. The molecule has 2 aromatic rings. The number of allylic oxidation sites excluding steroid dienone is 5. The average molecular weight is 358 g/mol. The molecule has 0 spiro atoms. The third-order valence-electron chi connectivity index (χ3n) is 4.67. The van der Waals surface area contributed by atoms with Gasteiger partial charge in [0.25, 0.3) is 0 Å². The Hall–Kier alpha value is -4.38. The summed E-state index contributed by atoms with van der Waals surface area (Å²) in [5, 5.41) is 37.0. The first-order chi connectivity index (χ1) is 13.7. The van der Waals surface area contributed by atoms with Crippen molar-refractivity contribution in [2.45, 2.75) is 11.8 Å². The van der Waals surface area contributed by atoms with Gasteiger partial charge in [-0.15, -0.1) is 0 Å². The minimum Gasteiger partial charge on any atom is -0.192 e. The monoisotopic (exact) mass is 358 g/mol. The first-order valence-corrected chi connectivity index (χ1v) is 8.61. The lowest BCUT2D eigenvalue weighted by Crippen LogP contribution is -1.98. The van der Waals surface area contributed by atoms with Gasteiger partial charge >= 0.3 is 0 Å². The molecule has 1 aliphatic rings. The van der Waals surface area contributed by atoms with Gasteiger partial charge in [0, 0.05) is 11.8 Å². The first-order valence-electron chi connectivity index (χ1n) is 8.61. The molecule has 130 valence electrons. The zero-order chi connectivity index (χ0) is 19.9. The Balaban J connectivity index is 2.27. The molecule has 0 fully saturated rings. The van der Waals surface area contributed by atoms with E-state index in [-0.39, 0.29) is 23.0 Å². The van der Waals surface area contributed by atoms with Gasteiger partial charge in [-0.3, -0.25) is 0 Å². The molecule has 28 heavy (non-hydrogen) atoms. The number of fused-ring (bicyclic) bond motifs is 1. The summed E-state index contributed by atoms with van der Waals surface area (Å²) in [6.07, 6.45) is 5.31. The second-order valence-corrected chi connectivity index (χ2v) is 6.25. The summed E-state index contributed by atoms with van der Waals surface area (Å²) >= 11 is 0. The summed E-state index contributed by atoms with van der Waals surface area (Å²) < 4.78 is 0. The number of nitriles is 4. The molecule has 0 amide bonds. The molecule has 0 heterocycles. The van der Waals surface area contributed by atoms with Crippen molar-refractivity contribution in [3.05, 3.63) is 100 Å². The Morgan fingerprint density at radius 3 is 1.50 bits per heavy atom. The van der Waals surface area contributed by atoms with E-state index < -0.39 is 0 Å². The van der Waals surface area contributed by atoms with Gasteiger partial charge in [0.1, 0.15) is 35.4 Å². The van der Waals surface area contributed by atoms with E-state index in [0.717, 1.165) is 22.3 Å². The molecule has 0 saturated carbocycles. The molecule has 0 radical (unpaired) electrons. The minimum atomic E-state index is -0.286. The second kappa shape index (κ2) is 8.33. The van der Waals surface area contributed by atoms with Crippen molar-refractivity contribution in [2.24, 2.45) is 0 Å². The highest BCUT2D eigenvalue weighted by molar-refractivity contribution is 5.67. The summed E-state index contributed by atoms with van der Waals surface area (Å²) in [6.45, 7) is 0. The fraction of sp³-hybridized carbons (Fsp3) is 0.0833. The molecule has 0 bridgehead atoms. The zero-order valence-electron chi connectivity index (χ0n) is 14.9. The molecule has 0 aliphatic heterocycles. The third kappa shape index (κ3) is 3.59. The van der Waals surface area contributed by atoms with Gasteiger partial charge in [0.2, 0.25) is 0 Å². The molecule has 4 nitrogen and oxygen atoms in total. The molecule has 2 aromatic carbocycles. The summed E-state index contributed by atoms with van der Waals surface area (Å²) in [6, 6.07) is 25.1. The van der Waals surface area contributed by atoms with Crippen LogP contribution in [-0.4, -0.2) is 0 Å². The Morgan fingerprint density at radius 2 is 1.07 bits per heavy atom. The van der Waals surface area contributed by atoms with Gasteiger partial charge in [-0.2, -0.15) is 21.0 Å². The summed E-state index contributed by atoms with van der Waals surface area (Å²) in [7, 11) is 0. The van der Waals surface area contributed by atoms with Crippen LogP contribution in [0.1, 0.15) is 28.5 Å². The van der Waals surface area contributed by atoms with Crippen molar-refractivity contribution in [3.63, 3.8) is 0 Å². The van der Waals surface area contributed by atoms with E-state index in [4.69, 9.17) is 0 Å². The highest BCUT2D eigenvalue weighted by atomic mass is 14.4. The van der Waals surface area contributed by atoms with Gasteiger partial charge in [-0.1, -0.05) is 60.7 Å². The zero-order valence-corrected chi connectivity index (χ0v) is 14.9. The number of hydrogen-bond donors (Lipinski definition) is 0. The highest BCUT2D eigenvalue weighted by Crippen LogP contribution is 2.49. The van der Waals surface area contributed by atoms with Gasteiger partial charge in [-0.25, -0.2) is 0 Å². The predicted octanol–water partition coefficient (Wildman–Crippen LogP) is 4.90. The predicted molar refractivity (Wildman–Crippen MR) is 105 cm³/mol. The first kappa shape index (κ1) is 18.4. The van der Waals surface area contributed by atoms with Crippen molar-refractivity contribution in [1.82, 2.24) is 0 Å². The summed E-state index contributed by atoms with van der Waals surface area (Å²) in [5.41, 5.74) is 3.87. The smallest absolute Gasteiger partial charge is 0.126 e. The number of nitrogens with zero attached hydrogens (tertiary/aromatic N) is 4. The van der Waals surface area contributed by atoms with Crippen LogP contribution in [0.4, 0.5) is 0 Å². The Kier molecular flexibility index (Phi) is 5.48. The molecule has 2 atom stereocenters. The fourth-order valence-corrected chi connectivity index (χ4v) is 3.46. The van der Waals surface area contributed by atoms with Crippen LogP contribution >= 0.6 is 0 Å². The van der Waals surface area contributed by atoms with Crippen LogP contribution in [-0.2, 0) is 0 Å². The van der Waals surface area contributed by atoms with Crippen LogP contribution in [0.2, 0.25) is 0 Å². The van der Waals surface area contributed by atoms with E-state index in [1.807, 2.05) is 85.0 Å². The molecule has 1 aliphatic carbocycles. The van der Waals surface area contributed by atoms with Gasteiger partial charge in [-0.05, 0) is 34.4 Å². The molecule has 0 saturated heterocycles. The SMILES string of the molecule is N#CC(C#N)=CC1C(=Cc2ccccc2)C(C=C(C#N)C#N)c2ccccc21. The standard InChI is InChI=1S/C24H14N4/c25-13-18(14-26)11-22-20-8-4-5-9-21(20)23(12-19(15-27)16-28)24(22)10-17-6-2-1-3-7-17/h1-12,22-23H. The topological polar surface area (TPSA) is 95.2 Å². The maximum Gasteiger partial charge on any atom is 0.126 e. The van der Waals surface area contributed by atoms with Crippen molar-refractivity contribution >= 4 is 6.08 Å². The average Bonchev–Trinajstić information content (AvgIpc) is 3.03. The Bertz CT molecular complexity index is 1050. The fourth-order valence-electron chi connectivity index (χ4n) is 3.46. The lowest BCUT2D eigenvalue weighted by atomic mass is 9.89. The van der Waals surface area contributed by atoms with Gasteiger partial charge in [0.15, 0.2) is 0 Å². The Labute approximate surface area is 163 Å². The minimum absolute atomic E-state index is 0.0317. The number of benzene rings is 2. The van der Waals surface area contributed by atoms with Crippen LogP contribution in [0, 0.1) is 45.3 Å². The largest absolute Gasteiger partial charge is 0.192 e. The molecule has 3 rings (SSSR count). The van der Waals surface area contributed by atoms with Crippen LogP contribution in [0.15, 0.2) is 83.5 Å². The maximum atomic E-state index is 9.24. The van der Waals surface area contributed by atoms with Crippen molar-refractivity contribution in [1.29, 1.82) is 21.0 Å². The van der Waals surface area contributed by atoms with Crippen molar-refractivity contribution < 1.29 is 0 Å². The molecular weight excluding hydrogens is 344 g/mol. The van der Waals surface area contributed by atoms with Crippen LogP contribution in [0.25, 0.3) is 6.08 Å². The van der Waals surface area contributed by atoms with E-state index in [2.05, 4.69) is 0 Å². The molecule has 0 N–H and O–H groups in total. The maximum absolute atomic E-state index is 9.24. The highest BCUT2D eigenvalue weighted by Gasteiger charge is 2.34. The molecular formula is C24H14N4. The van der Waals surface area contributed by atoms with Gasteiger partial charge in [0.05, 0.1) is 0 Å². The lowest BCUT2D eigenvalue weighted by molar-refractivity contribution is 0.968.